The quantitative estimate of drug-likeness (QED) is 0.501. The van der Waals surface area contributed by atoms with Crippen LogP contribution in [0, 0.1) is 17.8 Å². The van der Waals surface area contributed by atoms with Gasteiger partial charge in [-0.2, -0.15) is 0 Å². The highest BCUT2D eigenvalue weighted by Gasteiger charge is 2.25. The number of hydrogen-bond donors (Lipinski definition) is 0. The molecule has 140 valence electrons. The highest BCUT2D eigenvalue weighted by Crippen LogP contribution is 2.25. The minimum absolute atomic E-state index is 0.0475. The summed E-state index contributed by atoms with van der Waals surface area (Å²) in [5.41, 5.74) is 0.929. The van der Waals surface area contributed by atoms with Crippen molar-refractivity contribution < 1.29 is 14.3 Å². The molecule has 0 amide bonds. The van der Waals surface area contributed by atoms with Gasteiger partial charge in [0.2, 0.25) is 0 Å². The third-order valence-electron chi connectivity index (χ3n) is 4.72. The molecule has 2 aromatic rings. The number of benzene rings is 2. The molecule has 0 bridgehead atoms. The maximum atomic E-state index is 12.5. The zero-order valence-corrected chi connectivity index (χ0v) is 16.3. The summed E-state index contributed by atoms with van der Waals surface area (Å²) in [4.78, 5) is 12.5. The molecule has 3 heteroatoms. The van der Waals surface area contributed by atoms with Crippen LogP contribution in [0.3, 0.4) is 0 Å². The van der Waals surface area contributed by atoms with E-state index in [0.717, 1.165) is 29.9 Å². The molecule has 0 radical (unpaired) electrons. The van der Waals surface area contributed by atoms with Gasteiger partial charge >= 0.3 is 5.97 Å². The fourth-order valence-corrected chi connectivity index (χ4v) is 2.83. The maximum Gasteiger partial charge on any atom is 0.309 e. The Morgan fingerprint density at radius 3 is 2.31 bits per heavy atom. The lowest BCUT2D eigenvalue weighted by molar-refractivity contribution is -0.152. The van der Waals surface area contributed by atoms with Gasteiger partial charge in [0.05, 0.1) is 5.92 Å². The number of carbonyl (C=O) groups excluding carboxylic acids is 1. The van der Waals surface area contributed by atoms with Gasteiger partial charge in [-0.25, -0.2) is 0 Å². The molecular formula is C23H30O3. The van der Waals surface area contributed by atoms with E-state index in [4.69, 9.17) is 9.47 Å². The van der Waals surface area contributed by atoms with Crippen molar-refractivity contribution in [2.24, 2.45) is 17.8 Å². The summed E-state index contributed by atoms with van der Waals surface area (Å²) in [6.45, 7) is 8.79. The highest BCUT2D eigenvalue weighted by atomic mass is 16.5. The Bertz CT molecular complexity index is 679. The standard InChI is InChI=1S/C23H30O3/c1-5-18(4)14-22(17(2)3)23(24)25-16-19-10-9-13-21(15-19)26-20-11-7-6-8-12-20/h6-13,15,17-18,22H,5,14,16H2,1-4H3. The Kier molecular flexibility index (Phi) is 7.71. The molecule has 2 atom stereocenters. The molecule has 2 rings (SSSR count). The first-order chi connectivity index (χ1) is 12.5. The summed E-state index contributed by atoms with van der Waals surface area (Å²) in [6.07, 6.45) is 1.96. The normalized spacial score (nSPS) is 13.3. The minimum Gasteiger partial charge on any atom is -0.461 e. The maximum absolute atomic E-state index is 12.5. The van der Waals surface area contributed by atoms with Gasteiger partial charge in [-0.3, -0.25) is 4.79 Å². The van der Waals surface area contributed by atoms with E-state index in [1.54, 1.807) is 0 Å². The molecule has 0 fully saturated rings. The highest BCUT2D eigenvalue weighted by molar-refractivity contribution is 5.72. The van der Waals surface area contributed by atoms with Crippen molar-refractivity contribution in [2.45, 2.75) is 47.1 Å². The third kappa shape index (κ3) is 6.21. The molecule has 0 saturated carbocycles. The van der Waals surface area contributed by atoms with Crippen molar-refractivity contribution in [3.63, 3.8) is 0 Å². The van der Waals surface area contributed by atoms with E-state index in [1.807, 2.05) is 54.6 Å². The fraction of sp³-hybridized carbons (Fsp3) is 0.435. The number of carbonyl (C=O) groups is 1. The molecule has 0 aliphatic carbocycles. The molecule has 3 nitrogen and oxygen atoms in total. The molecule has 2 aromatic carbocycles. The monoisotopic (exact) mass is 354 g/mol. The molecule has 0 spiro atoms. The lowest BCUT2D eigenvalue weighted by Gasteiger charge is -2.22. The second-order valence-electron chi connectivity index (χ2n) is 7.27. The van der Waals surface area contributed by atoms with Crippen LogP contribution in [0.25, 0.3) is 0 Å². The predicted molar refractivity (Wildman–Crippen MR) is 105 cm³/mol. The van der Waals surface area contributed by atoms with Crippen LogP contribution in [0.15, 0.2) is 54.6 Å². The van der Waals surface area contributed by atoms with Gasteiger partial charge in [0.1, 0.15) is 18.1 Å². The molecule has 2 unspecified atom stereocenters. The van der Waals surface area contributed by atoms with Crippen LogP contribution >= 0.6 is 0 Å². The summed E-state index contributed by atoms with van der Waals surface area (Å²) in [5.74, 6) is 2.19. The van der Waals surface area contributed by atoms with Gasteiger partial charge in [0.15, 0.2) is 0 Å². The van der Waals surface area contributed by atoms with Crippen molar-refractivity contribution >= 4 is 5.97 Å². The Balaban J connectivity index is 1.95. The zero-order valence-electron chi connectivity index (χ0n) is 16.3. The summed E-state index contributed by atoms with van der Waals surface area (Å²) in [7, 11) is 0. The largest absolute Gasteiger partial charge is 0.461 e. The number of hydrogen-bond acceptors (Lipinski definition) is 3. The van der Waals surface area contributed by atoms with Crippen molar-refractivity contribution in [3.8, 4) is 11.5 Å². The van der Waals surface area contributed by atoms with Crippen LogP contribution in [0.2, 0.25) is 0 Å². The summed E-state index contributed by atoms with van der Waals surface area (Å²) in [6, 6.07) is 17.3. The lowest BCUT2D eigenvalue weighted by Crippen LogP contribution is -2.24. The molecule has 0 heterocycles. The van der Waals surface area contributed by atoms with Gasteiger partial charge in [-0.05, 0) is 48.1 Å². The van der Waals surface area contributed by atoms with Crippen molar-refractivity contribution in [2.75, 3.05) is 0 Å². The molecule has 0 N–H and O–H groups in total. The molecule has 0 saturated heterocycles. The molecular weight excluding hydrogens is 324 g/mol. The summed E-state index contributed by atoms with van der Waals surface area (Å²) in [5, 5.41) is 0. The number of ether oxygens (including phenoxy) is 2. The Morgan fingerprint density at radius 1 is 0.962 bits per heavy atom. The number of rotatable bonds is 9. The Hall–Kier alpha value is -2.29. The van der Waals surface area contributed by atoms with E-state index in [9.17, 15) is 4.79 Å². The fourth-order valence-electron chi connectivity index (χ4n) is 2.83. The average molecular weight is 354 g/mol. The van der Waals surface area contributed by atoms with E-state index in [1.165, 1.54) is 0 Å². The molecule has 0 aliphatic heterocycles. The van der Waals surface area contributed by atoms with Crippen LogP contribution in [-0.2, 0) is 16.1 Å². The SMILES string of the molecule is CCC(C)CC(C(=O)OCc1cccc(Oc2ccccc2)c1)C(C)C. The van der Waals surface area contributed by atoms with Crippen molar-refractivity contribution in [1.82, 2.24) is 0 Å². The van der Waals surface area contributed by atoms with Crippen LogP contribution in [0.4, 0.5) is 0 Å². The van der Waals surface area contributed by atoms with Gasteiger partial charge in [-0.1, -0.05) is 64.4 Å². The van der Waals surface area contributed by atoms with Crippen molar-refractivity contribution in [1.29, 1.82) is 0 Å². The second-order valence-corrected chi connectivity index (χ2v) is 7.27. The van der Waals surface area contributed by atoms with Crippen molar-refractivity contribution in [3.05, 3.63) is 60.2 Å². The van der Waals surface area contributed by atoms with Crippen LogP contribution < -0.4 is 4.74 Å². The van der Waals surface area contributed by atoms with Crippen LogP contribution in [-0.4, -0.2) is 5.97 Å². The van der Waals surface area contributed by atoms with E-state index in [2.05, 4.69) is 27.7 Å². The number of para-hydroxylation sites is 1. The number of esters is 1. The first kappa shape index (κ1) is 20.0. The minimum atomic E-state index is -0.102. The van der Waals surface area contributed by atoms with Crippen LogP contribution in [0.5, 0.6) is 11.5 Å². The van der Waals surface area contributed by atoms with Gasteiger partial charge in [0, 0.05) is 0 Å². The average Bonchev–Trinajstić information content (AvgIpc) is 2.65. The summed E-state index contributed by atoms with van der Waals surface area (Å²) >= 11 is 0. The van der Waals surface area contributed by atoms with Gasteiger partial charge < -0.3 is 9.47 Å². The molecule has 0 aliphatic rings. The van der Waals surface area contributed by atoms with E-state index < -0.39 is 0 Å². The van der Waals surface area contributed by atoms with E-state index in [0.29, 0.717) is 5.92 Å². The first-order valence-corrected chi connectivity index (χ1v) is 9.48. The molecule has 0 aromatic heterocycles. The topological polar surface area (TPSA) is 35.5 Å². The first-order valence-electron chi connectivity index (χ1n) is 9.48. The van der Waals surface area contributed by atoms with E-state index in [-0.39, 0.29) is 24.4 Å². The third-order valence-corrected chi connectivity index (χ3v) is 4.72. The van der Waals surface area contributed by atoms with Gasteiger partial charge in [0.25, 0.3) is 0 Å². The Labute approximate surface area is 157 Å². The van der Waals surface area contributed by atoms with Crippen LogP contribution in [0.1, 0.15) is 46.1 Å². The Morgan fingerprint density at radius 2 is 1.65 bits per heavy atom. The predicted octanol–water partition coefficient (Wildman–Crippen LogP) is 6.23. The second kappa shape index (κ2) is 10.0. The smallest absolute Gasteiger partial charge is 0.309 e. The van der Waals surface area contributed by atoms with E-state index >= 15 is 0 Å². The summed E-state index contributed by atoms with van der Waals surface area (Å²) < 4.78 is 11.4. The van der Waals surface area contributed by atoms with Gasteiger partial charge in [-0.15, -0.1) is 0 Å². The molecule has 26 heavy (non-hydrogen) atoms. The lowest BCUT2D eigenvalue weighted by atomic mass is 9.86. The zero-order chi connectivity index (χ0) is 18.9.